The SMILES string of the molecule is CN(Cc1cccnn1)c1nc2nccnc2s1. The van der Waals surface area contributed by atoms with Crippen molar-refractivity contribution in [1.29, 1.82) is 0 Å². The molecule has 3 aromatic rings. The maximum Gasteiger partial charge on any atom is 0.191 e. The van der Waals surface area contributed by atoms with Crippen molar-refractivity contribution < 1.29 is 0 Å². The first-order valence-corrected chi connectivity index (χ1v) is 6.20. The first-order chi connectivity index (χ1) is 8.83. The quantitative estimate of drug-likeness (QED) is 0.709. The third kappa shape index (κ3) is 2.12. The Hall–Kier alpha value is -2.15. The number of fused-ring (bicyclic) bond motifs is 1. The molecular weight excluding hydrogens is 248 g/mol. The summed E-state index contributed by atoms with van der Waals surface area (Å²) in [5.74, 6) is 0. The lowest BCUT2D eigenvalue weighted by atomic mass is 10.4. The molecule has 18 heavy (non-hydrogen) atoms. The van der Waals surface area contributed by atoms with Crippen molar-refractivity contribution in [2.45, 2.75) is 6.54 Å². The van der Waals surface area contributed by atoms with Crippen LogP contribution in [0.1, 0.15) is 5.69 Å². The Kier molecular flexibility index (Phi) is 2.81. The molecule has 0 aliphatic rings. The van der Waals surface area contributed by atoms with Crippen molar-refractivity contribution in [2.75, 3.05) is 11.9 Å². The highest BCUT2D eigenvalue weighted by Crippen LogP contribution is 2.25. The monoisotopic (exact) mass is 258 g/mol. The van der Waals surface area contributed by atoms with Crippen molar-refractivity contribution in [3.63, 3.8) is 0 Å². The molecule has 0 radical (unpaired) electrons. The van der Waals surface area contributed by atoms with Crippen LogP contribution in [0.2, 0.25) is 0 Å². The topological polar surface area (TPSA) is 67.7 Å². The lowest BCUT2D eigenvalue weighted by Gasteiger charge is -2.13. The summed E-state index contributed by atoms with van der Waals surface area (Å²) in [6.07, 6.45) is 4.98. The van der Waals surface area contributed by atoms with E-state index in [1.807, 2.05) is 24.1 Å². The predicted octanol–water partition coefficient (Wildman–Crippen LogP) is 1.51. The number of hydrogen-bond donors (Lipinski definition) is 0. The summed E-state index contributed by atoms with van der Waals surface area (Å²) in [7, 11) is 1.96. The van der Waals surface area contributed by atoms with Crippen LogP contribution in [0.15, 0.2) is 30.7 Å². The minimum absolute atomic E-state index is 0.660. The van der Waals surface area contributed by atoms with Crippen molar-refractivity contribution in [2.24, 2.45) is 0 Å². The lowest BCUT2D eigenvalue weighted by Crippen LogP contribution is -2.17. The number of hydrogen-bond acceptors (Lipinski definition) is 7. The lowest BCUT2D eigenvalue weighted by molar-refractivity contribution is 0.838. The van der Waals surface area contributed by atoms with E-state index in [0.29, 0.717) is 12.2 Å². The highest BCUT2D eigenvalue weighted by molar-refractivity contribution is 7.21. The van der Waals surface area contributed by atoms with E-state index < -0.39 is 0 Å². The van der Waals surface area contributed by atoms with Gasteiger partial charge in [0.05, 0.1) is 12.2 Å². The molecule has 0 bridgehead atoms. The van der Waals surface area contributed by atoms with Crippen LogP contribution < -0.4 is 4.90 Å². The van der Waals surface area contributed by atoms with E-state index in [-0.39, 0.29) is 0 Å². The molecule has 3 rings (SSSR count). The van der Waals surface area contributed by atoms with Gasteiger partial charge in [0.1, 0.15) is 0 Å². The Labute approximate surface area is 107 Å². The fraction of sp³-hybridized carbons (Fsp3) is 0.182. The second-order valence-corrected chi connectivity index (χ2v) is 4.71. The largest absolute Gasteiger partial charge is 0.345 e. The van der Waals surface area contributed by atoms with Gasteiger partial charge in [0.2, 0.25) is 0 Å². The Bertz CT molecular complexity index is 620. The molecule has 3 heterocycles. The van der Waals surface area contributed by atoms with Gasteiger partial charge >= 0.3 is 0 Å². The van der Waals surface area contributed by atoms with E-state index >= 15 is 0 Å². The maximum absolute atomic E-state index is 4.43. The molecule has 0 fully saturated rings. The van der Waals surface area contributed by atoms with Crippen LogP contribution in [0.25, 0.3) is 10.5 Å². The number of anilines is 1. The van der Waals surface area contributed by atoms with Crippen LogP contribution in [0.5, 0.6) is 0 Å². The van der Waals surface area contributed by atoms with Crippen LogP contribution in [0, 0.1) is 0 Å². The van der Waals surface area contributed by atoms with E-state index in [1.165, 1.54) is 11.3 Å². The minimum Gasteiger partial charge on any atom is -0.345 e. The average molecular weight is 258 g/mol. The first-order valence-electron chi connectivity index (χ1n) is 5.38. The van der Waals surface area contributed by atoms with Crippen LogP contribution in [-0.4, -0.2) is 32.2 Å². The molecule has 3 aromatic heterocycles. The smallest absolute Gasteiger partial charge is 0.191 e. The zero-order chi connectivity index (χ0) is 12.4. The van der Waals surface area contributed by atoms with E-state index in [4.69, 9.17) is 0 Å². The molecule has 0 spiro atoms. The predicted molar refractivity (Wildman–Crippen MR) is 69.3 cm³/mol. The van der Waals surface area contributed by atoms with Gasteiger partial charge in [-0.3, -0.25) is 0 Å². The van der Waals surface area contributed by atoms with Gasteiger partial charge in [-0.2, -0.15) is 15.2 Å². The molecule has 90 valence electrons. The molecule has 0 amide bonds. The highest BCUT2D eigenvalue weighted by atomic mass is 32.1. The Morgan fingerprint density at radius 2 is 2.11 bits per heavy atom. The molecule has 6 nitrogen and oxygen atoms in total. The average Bonchev–Trinajstić information content (AvgIpc) is 2.84. The number of rotatable bonds is 3. The molecule has 0 saturated carbocycles. The summed E-state index contributed by atoms with van der Waals surface area (Å²) in [5.41, 5.74) is 1.59. The second-order valence-electron chi connectivity index (χ2n) is 3.75. The normalized spacial score (nSPS) is 10.7. The third-order valence-electron chi connectivity index (χ3n) is 2.39. The van der Waals surface area contributed by atoms with Gasteiger partial charge in [-0.25, -0.2) is 9.97 Å². The van der Waals surface area contributed by atoms with E-state index in [9.17, 15) is 0 Å². The van der Waals surface area contributed by atoms with Crippen LogP contribution in [0.4, 0.5) is 5.13 Å². The zero-order valence-electron chi connectivity index (χ0n) is 9.69. The van der Waals surface area contributed by atoms with E-state index in [1.54, 1.807) is 18.6 Å². The molecule has 0 aliphatic heterocycles. The minimum atomic E-state index is 0.660. The van der Waals surface area contributed by atoms with Gasteiger partial charge in [-0.1, -0.05) is 11.3 Å². The van der Waals surface area contributed by atoms with Crippen LogP contribution in [-0.2, 0) is 6.54 Å². The molecular formula is C11H10N6S. The maximum atomic E-state index is 4.43. The summed E-state index contributed by atoms with van der Waals surface area (Å²) < 4.78 is 0. The van der Waals surface area contributed by atoms with E-state index in [0.717, 1.165) is 15.7 Å². The fourth-order valence-corrected chi connectivity index (χ4v) is 2.39. The van der Waals surface area contributed by atoms with Crippen molar-refractivity contribution in [3.05, 3.63) is 36.4 Å². The van der Waals surface area contributed by atoms with Gasteiger partial charge in [0.15, 0.2) is 15.6 Å². The number of nitrogens with zero attached hydrogens (tertiary/aromatic N) is 6. The molecule has 0 saturated heterocycles. The first kappa shape index (κ1) is 11.0. The summed E-state index contributed by atoms with van der Waals surface area (Å²) in [6.45, 7) is 0.660. The van der Waals surface area contributed by atoms with Gasteiger partial charge in [-0.05, 0) is 12.1 Å². The van der Waals surface area contributed by atoms with Crippen molar-refractivity contribution in [1.82, 2.24) is 25.1 Å². The molecule has 0 aromatic carbocycles. The van der Waals surface area contributed by atoms with Crippen LogP contribution in [0.3, 0.4) is 0 Å². The summed E-state index contributed by atoms with van der Waals surface area (Å²) in [6, 6.07) is 3.81. The molecule has 0 aliphatic carbocycles. The van der Waals surface area contributed by atoms with Gasteiger partial charge < -0.3 is 4.90 Å². The standard InChI is InChI=1S/C11H10N6S/c1-17(7-8-3-2-4-14-16-8)11-15-9-10(18-11)13-6-5-12-9/h2-6H,7H2,1H3. The summed E-state index contributed by atoms with van der Waals surface area (Å²) in [4.78, 5) is 15.7. The highest BCUT2D eigenvalue weighted by Gasteiger charge is 2.10. The molecule has 7 heteroatoms. The summed E-state index contributed by atoms with van der Waals surface area (Å²) in [5, 5.41) is 8.78. The zero-order valence-corrected chi connectivity index (χ0v) is 10.5. The molecule has 0 N–H and O–H groups in total. The Morgan fingerprint density at radius 1 is 1.22 bits per heavy atom. The van der Waals surface area contributed by atoms with Gasteiger partial charge in [-0.15, -0.1) is 0 Å². The van der Waals surface area contributed by atoms with Crippen molar-refractivity contribution >= 4 is 26.9 Å². The Balaban J connectivity index is 1.86. The summed E-state index contributed by atoms with van der Waals surface area (Å²) >= 11 is 1.52. The number of thiazole rings is 1. The fourth-order valence-electron chi connectivity index (χ4n) is 1.56. The molecule has 0 unspecified atom stereocenters. The van der Waals surface area contributed by atoms with Crippen LogP contribution >= 0.6 is 11.3 Å². The van der Waals surface area contributed by atoms with E-state index in [2.05, 4.69) is 25.1 Å². The number of aromatic nitrogens is 5. The second kappa shape index (κ2) is 4.61. The van der Waals surface area contributed by atoms with Gasteiger partial charge in [0.25, 0.3) is 0 Å². The van der Waals surface area contributed by atoms with Gasteiger partial charge in [0, 0.05) is 25.6 Å². The third-order valence-corrected chi connectivity index (χ3v) is 3.46. The molecule has 0 atom stereocenters. The van der Waals surface area contributed by atoms with Crippen molar-refractivity contribution in [3.8, 4) is 0 Å². The Morgan fingerprint density at radius 3 is 2.89 bits per heavy atom.